The van der Waals surface area contributed by atoms with Gasteiger partial charge in [0.2, 0.25) is 0 Å². The van der Waals surface area contributed by atoms with Crippen LogP contribution < -0.4 is 5.43 Å². The average Bonchev–Trinajstić information content (AvgIpc) is 2.86. The quantitative estimate of drug-likeness (QED) is 0.671. The second-order valence-corrected chi connectivity index (χ2v) is 5.65. The van der Waals surface area contributed by atoms with Crippen LogP contribution in [0.2, 0.25) is 5.02 Å². The molecule has 2 N–H and O–H groups in total. The molecule has 0 unspecified atom stereocenters. The number of thiophene rings is 1. The van der Waals surface area contributed by atoms with Gasteiger partial charge in [0.05, 0.1) is 11.8 Å². The molecule has 2 rings (SSSR count). The highest BCUT2D eigenvalue weighted by atomic mass is 35.5. The Labute approximate surface area is 125 Å². The molecule has 0 radical (unpaired) electrons. The van der Waals surface area contributed by atoms with Crippen molar-refractivity contribution < 1.29 is 9.90 Å². The van der Waals surface area contributed by atoms with Crippen LogP contribution in [0.1, 0.15) is 27.0 Å². The Morgan fingerprint density at radius 2 is 2.25 bits per heavy atom. The third kappa shape index (κ3) is 3.59. The maximum absolute atomic E-state index is 11.8. The van der Waals surface area contributed by atoms with Crippen molar-refractivity contribution in [3.63, 3.8) is 0 Å². The van der Waals surface area contributed by atoms with E-state index in [9.17, 15) is 9.90 Å². The van der Waals surface area contributed by atoms with Crippen molar-refractivity contribution in [1.82, 2.24) is 5.43 Å². The smallest absolute Gasteiger partial charge is 0.275 e. The third-order valence-electron chi connectivity index (χ3n) is 2.59. The number of nitrogens with one attached hydrogen (secondary N) is 1. The first-order valence-corrected chi connectivity index (χ1v) is 7.20. The number of carbonyl (C=O) groups excluding carboxylic acids is 1. The van der Waals surface area contributed by atoms with Crippen LogP contribution in [-0.4, -0.2) is 17.2 Å². The minimum absolute atomic E-state index is 0.131. The molecule has 1 aromatic heterocycles. The second kappa shape index (κ2) is 6.54. The Kier molecular flexibility index (Phi) is 4.76. The minimum atomic E-state index is -0.484. The van der Waals surface area contributed by atoms with Crippen molar-refractivity contribution in [3.05, 3.63) is 50.7 Å². The summed E-state index contributed by atoms with van der Waals surface area (Å²) < 4.78 is 0. The lowest BCUT2D eigenvalue weighted by Gasteiger charge is -2.02. The van der Waals surface area contributed by atoms with Gasteiger partial charge in [0.15, 0.2) is 0 Å². The number of carbonyl (C=O) groups is 1. The Balaban J connectivity index is 2.01. The minimum Gasteiger partial charge on any atom is -0.507 e. The van der Waals surface area contributed by atoms with Crippen LogP contribution in [0.5, 0.6) is 5.75 Å². The molecule has 0 aliphatic carbocycles. The summed E-state index contributed by atoms with van der Waals surface area (Å²) in [6, 6.07) is 8.26. The van der Waals surface area contributed by atoms with Gasteiger partial charge in [-0.1, -0.05) is 18.5 Å². The molecule has 1 amide bonds. The monoisotopic (exact) mass is 308 g/mol. The summed E-state index contributed by atoms with van der Waals surface area (Å²) >= 11 is 7.32. The van der Waals surface area contributed by atoms with E-state index in [2.05, 4.69) is 17.5 Å². The number of aromatic hydroxyl groups is 1. The van der Waals surface area contributed by atoms with Gasteiger partial charge in [-0.2, -0.15) is 5.10 Å². The van der Waals surface area contributed by atoms with Crippen molar-refractivity contribution in [2.45, 2.75) is 13.3 Å². The summed E-state index contributed by atoms with van der Waals surface area (Å²) in [6.07, 6.45) is 2.55. The highest BCUT2D eigenvalue weighted by Crippen LogP contribution is 2.21. The fraction of sp³-hybridized carbons (Fsp3) is 0.143. The summed E-state index contributed by atoms with van der Waals surface area (Å²) in [5.74, 6) is -0.655. The highest BCUT2D eigenvalue weighted by molar-refractivity contribution is 7.13. The van der Waals surface area contributed by atoms with Crippen LogP contribution in [-0.2, 0) is 6.42 Å². The van der Waals surface area contributed by atoms with Crippen LogP contribution in [0.15, 0.2) is 35.4 Å². The van der Waals surface area contributed by atoms with E-state index in [0.29, 0.717) is 5.02 Å². The summed E-state index contributed by atoms with van der Waals surface area (Å²) in [6.45, 7) is 2.08. The molecular weight excluding hydrogens is 296 g/mol. The number of halogens is 1. The van der Waals surface area contributed by atoms with Crippen molar-refractivity contribution in [1.29, 1.82) is 0 Å². The summed E-state index contributed by atoms with van der Waals surface area (Å²) in [5, 5.41) is 13.9. The number of phenols is 1. The average molecular weight is 309 g/mol. The van der Waals surface area contributed by atoms with E-state index in [1.54, 1.807) is 17.6 Å². The molecule has 4 nitrogen and oxygen atoms in total. The number of hydrogen-bond donors (Lipinski definition) is 2. The molecule has 1 heterocycles. The van der Waals surface area contributed by atoms with Gasteiger partial charge in [0.1, 0.15) is 5.75 Å². The maximum atomic E-state index is 11.8. The molecule has 0 atom stereocenters. The van der Waals surface area contributed by atoms with Crippen molar-refractivity contribution in [2.75, 3.05) is 0 Å². The lowest BCUT2D eigenvalue weighted by Crippen LogP contribution is -2.17. The molecule has 20 heavy (non-hydrogen) atoms. The SMILES string of the molecule is CCc1ccc(C=NNC(=O)c2ccc(Cl)cc2O)s1. The van der Waals surface area contributed by atoms with Crippen LogP contribution in [0, 0.1) is 0 Å². The Hall–Kier alpha value is -1.85. The van der Waals surface area contributed by atoms with Crippen LogP contribution in [0.25, 0.3) is 0 Å². The lowest BCUT2D eigenvalue weighted by atomic mass is 10.2. The topological polar surface area (TPSA) is 61.7 Å². The fourth-order valence-corrected chi connectivity index (χ4v) is 2.56. The zero-order chi connectivity index (χ0) is 14.5. The van der Waals surface area contributed by atoms with Gasteiger partial charge < -0.3 is 5.11 Å². The summed E-state index contributed by atoms with van der Waals surface area (Å²) in [4.78, 5) is 14.0. The number of hydrazone groups is 1. The molecule has 6 heteroatoms. The van der Waals surface area contributed by atoms with Gasteiger partial charge in [0, 0.05) is 14.8 Å². The van der Waals surface area contributed by atoms with Gasteiger partial charge in [-0.25, -0.2) is 5.43 Å². The number of nitrogens with zero attached hydrogens (tertiary/aromatic N) is 1. The predicted octanol–water partition coefficient (Wildman–Crippen LogP) is 3.43. The number of benzene rings is 1. The van der Waals surface area contributed by atoms with Crippen LogP contribution >= 0.6 is 22.9 Å². The van der Waals surface area contributed by atoms with E-state index in [1.165, 1.54) is 23.1 Å². The molecule has 0 aliphatic rings. The normalized spacial score (nSPS) is 10.9. The van der Waals surface area contributed by atoms with Crippen LogP contribution in [0.4, 0.5) is 0 Å². The number of hydrogen-bond acceptors (Lipinski definition) is 4. The molecule has 104 valence electrons. The molecule has 0 bridgehead atoms. The predicted molar refractivity (Wildman–Crippen MR) is 81.9 cm³/mol. The lowest BCUT2D eigenvalue weighted by molar-refractivity contribution is 0.0952. The number of amides is 1. The third-order valence-corrected chi connectivity index (χ3v) is 3.99. The van der Waals surface area contributed by atoms with Crippen molar-refractivity contribution in [2.24, 2.45) is 5.10 Å². The van der Waals surface area contributed by atoms with Gasteiger partial charge in [-0.05, 0) is 36.8 Å². The zero-order valence-corrected chi connectivity index (χ0v) is 12.3. The Morgan fingerprint density at radius 3 is 2.90 bits per heavy atom. The zero-order valence-electron chi connectivity index (χ0n) is 10.8. The van der Waals surface area contributed by atoms with Gasteiger partial charge in [0.25, 0.3) is 5.91 Å². The fourth-order valence-electron chi connectivity index (χ4n) is 1.57. The van der Waals surface area contributed by atoms with E-state index in [4.69, 9.17) is 11.6 Å². The molecule has 0 fully saturated rings. The molecule has 2 aromatic rings. The van der Waals surface area contributed by atoms with E-state index < -0.39 is 5.91 Å². The molecule has 0 aliphatic heterocycles. The number of rotatable bonds is 4. The van der Waals surface area contributed by atoms with Gasteiger partial charge >= 0.3 is 0 Å². The Bertz CT molecular complexity index is 652. The van der Waals surface area contributed by atoms with E-state index in [0.717, 1.165) is 11.3 Å². The first-order chi connectivity index (χ1) is 9.60. The highest BCUT2D eigenvalue weighted by Gasteiger charge is 2.10. The first kappa shape index (κ1) is 14.6. The largest absolute Gasteiger partial charge is 0.507 e. The maximum Gasteiger partial charge on any atom is 0.275 e. The van der Waals surface area contributed by atoms with E-state index in [-0.39, 0.29) is 11.3 Å². The Morgan fingerprint density at radius 1 is 1.45 bits per heavy atom. The summed E-state index contributed by atoms with van der Waals surface area (Å²) in [7, 11) is 0. The van der Waals surface area contributed by atoms with E-state index in [1.807, 2.05) is 12.1 Å². The van der Waals surface area contributed by atoms with Crippen molar-refractivity contribution >= 4 is 35.1 Å². The van der Waals surface area contributed by atoms with Crippen LogP contribution in [0.3, 0.4) is 0 Å². The first-order valence-electron chi connectivity index (χ1n) is 6.00. The summed E-state index contributed by atoms with van der Waals surface area (Å²) in [5.41, 5.74) is 2.50. The number of phenolic OH excluding ortho intramolecular Hbond substituents is 1. The number of aryl methyl sites for hydroxylation is 1. The van der Waals surface area contributed by atoms with Gasteiger partial charge in [-0.15, -0.1) is 11.3 Å². The molecule has 0 saturated carbocycles. The second-order valence-electron chi connectivity index (χ2n) is 4.02. The molecule has 1 aromatic carbocycles. The van der Waals surface area contributed by atoms with Crippen molar-refractivity contribution in [3.8, 4) is 5.75 Å². The molecule has 0 spiro atoms. The molecule has 0 saturated heterocycles. The molecular formula is C14H13ClN2O2S. The van der Waals surface area contributed by atoms with Gasteiger partial charge in [-0.3, -0.25) is 4.79 Å². The van der Waals surface area contributed by atoms with E-state index >= 15 is 0 Å². The standard InChI is InChI=1S/C14H13ClN2O2S/c1-2-10-4-5-11(20-10)8-16-17-14(19)12-6-3-9(15)7-13(12)18/h3-8,18H,2H2,1H3,(H,17,19).